The topological polar surface area (TPSA) is 52.9 Å². The van der Waals surface area contributed by atoms with E-state index in [2.05, 4.69) is 5.32 Å². The van der Waals surface area contributed by atoms with Gasteiger partial charge in [0.05, 0.1) is 12.6 Å². The molecular weight excluding hydrogens is 148 g/mol. The van der Waals surface area contributed by atoms with E-state index in [0.717, 1.165) is 0 Å². The van der Waals surface area contributed by atoms with Crippen molar-refractivity contribution in [3.63, 3.8) is 0 Å². The highest BCUT2D eigenvalue weighted by Gasteiger charge is 1.92. The third-order valence-corrected chi connectivity index (χ3v) is 2.34. The minimum absolute atomic E-state index is 0.348. The normalized spacial score (nSPS) is 12.4. The van der Waals surface area contributed by atoms with Crippen LogP contribution >= 0.6 is 0 Å². The summed E-state index contributed by atoms with van der Waals surface area (Å²) in [6.07, 6.45) is 0. The molecule has 10 heavy (non-hydrogen) atoms. The van der Waals surface area contributed by atoms with Crippen molar-refractivity contribution in [3.05, 3.63) is 0 Å². The van der Waals surface area contributed by atoms with Crippen molar-refractivity contribution in [3.8, 4) is 6.07 Å². The number of hydrogen-bond acceptors (Lipinski definition) is 3. The molecule has 0 radical (unpaired) electrons. The molecule has 0 heterocycles. The molecular formula is C6H12N2OS. The lowest BCUT2D eigenvalue weighted by Crippen LogP contribution is -2.21. The first-order chi connectivity index (χ1) is 4.81. The Morgan fingerprint density at radius 1 is 1.70 bits per heavy atom. The maximum absolute atomic E-state index is 10.8. The molecule has 0 saturated heterocycles. The molecule has 0 amide bonds. The van der Waals surface area contributed by atoms with E-state index in [1.54, 1.807) is 0 Å². The summed E-state index contributed by atoms with van der Waals surface area (Å²) in [6.45, 7) is 2.91. The van der Waals surface area contributed by atoms with E-state index in [9.17, 15) is 4.21 Å². The molecule has 0 bridgehead atoms. The van der Waals surface area contributed by atoms with Crippen molar-refractivity contribution < 1.29 is 4.21 Å². The first-order valence-electron chi connectivity index (χ1n) is 3.24. The van der Waals surface area contributed by atoms with Gasteiger partial charge in [-0.15, -0.1) is 0 Å². The van der Waals surface area contributed by atoms with Crippen LogP contribution in [0, 0.1) is 11.3 Å². The molecule has 0 rings (SSSR count). The summed E-state index contributed by atoms with van der Waals surface area (Å²) in [5.74, 6) is 1.35. The van der Waals surface area contributed by atoms with Crippen LogP contribution in [0.15, 0.2) is 0 Å². The Morgan fingerprint density at radius 3 is 2.90 bits per heavy atom. The van der Waals surface area contributed by atoms with Crippen molar-refractivity contribution in [1.29, 1.82) is 5.26 Å². The highest BCUT2D eigenvalue weighted by Crippen LogP contribution is 1.77. The van der Waals surface area contributed by atoms with Gasteiger partial charge in [0.1, 0.15) is 0 Å². The largest absolute Gasteiger partial charge is 0.304 e. The lowest BCUT2D eigenvalue weighted by molar-refractivity contribution is 0.679. The molecule has 1 N–H and O–H groups in total. The van der Waals surface area contributed by atoms with Crippen LogP contribution in [0.3, 0.4) is 0 Å². The van der Waals surface area contributed by atoms with Gasteiger partial charge >= 0.3 is 0 Å². The summed E-state index contributed by atoms with van der Waals surface area (Å²) in [7, 11) is -0.702. The van der Waals surface area contributed by atoms with Crippen molar-refractivity contribution >= 4 is 10.8 Å². The molecule has 3 nitrogen and oxygen atoms in total. The maximum Gasteiger partial charge on any atom is 0.0841 e. The fourth-order valence-electron chi connectivity index (χ4n) is 0.475. The number of hydrogen-bond donors (Lipinski definition) is 1. The van der Waals surface area contributed by atoms with Gasteiger partial charge in [0.2, 0.25) is 0 Å². The Labute approximate surface area is 63.9 Å². The van der Waals surface area contributed by atoms with Gasteiger partial charge in [0, 0.05) is 28.9 Å². The highest BCUT2D eigenvalue weighted by molar-refractivity contribution is 7.84. The summed E-state index contributed by atoms with van der Waals surface area (Å²) in [5.41, 5.74) is 0. The molecule has 0 aliphatic heterocycles. The Balaban J connectivity index is 3.05. The van der Waals surface area contributed by atoms with Gasteiger partial charge in [-0.1, -0.05) is 6.92 Å². The van der Waals surface area contributed by atoms with Gasteiger partial charge in [-0.25, -0.2) is 0 Å². The maximum atomic E-state index is 10.8. The minimum Gasteiger partial charge on any atom is -0.304 e. The molecule has 4 heteroatoms. The van der Waals surface area contributed by atoms with Crippen LogP contribution in [-0.4, -0.2) is 28.8 Å². The first kappa shape index (κ1) is 9.60. The van der Waals surface area contributed by atoms with Crippen LogP contribution in [0.2, 0.25) is 0 Å². The SMILES string of the molecule is CCS(=O)CCNCC#N. The molecule has 0 aromatic carbocycles. The lowest BCUT2D eigenvalue weighted by Gasteiger charge is -1.97. The van der Waals surface area contributed by atoms with Crippen molar-refractivity contribution in [2.45, 2.75) is 6.92 Å². The molecule has 1 unspecified atom stereocenters. The smallest absolute Gasteiger partial charge is 0.0841 e. The van der Waals surface area contributed by atoms with Gasteiger partial charge in [-0.3, -0.25) is 4.21 Å². The van der Waals surface area contributed by atoms with E-state index in [-0.39, 0.29) is 0 Å². The van der Waals surface area contributed by atoms with Gasteiger partial charge in [0.25, 0.3) is 0 Å². The monoisotopic (exact) mass is 160 g/mol. The molecule has 0 aromatic heterocycles. The summed E-state index contributed by atoms with van der Waals surface area (Å²) >= 11 is 0. The van der Waals surface area contributed by atoms with Crippen molar-refractivity contribution in [2.24, 2.45) is 0 Å². The molecule has 0 spiro atoms. The Hall–Kier alpha value is -0.400. The van der Waals surface area contributed by atoms with Gasteiger partial charge in [0.15, 0.2) is 0 Å². The zero-order valence-electron chi connectivity index (χ0n) is 6.09. The van der Waals surface area contributed by atoms with E-state index in [0.29, 0.717) is 24.6 Å². The zero-order valence-corrected chi connectivity index (χ0v) is 6.91. The number of nitriles is 1. The van der Waals surface area contributed by atoms with Gasteiger partial charge in [-0.2, -0.15) is 5.26 Å². The van der Waals surface area contributed by atoms with Gasteiger partial charge in [-0.05, 0) is 0 Å². The molecule has 1 atom stereocenters. The van der Waals surface area contributed by atoms with E-state index in [4.69, 9.17) is 5.26 Å². The third-order valence-electron chi connectivity index (χ3n) is 1.03. The average molecular weight is 160 g/mol. The summed E-state index contributed by atoms with van der Waals surface area (Å²) in [4.78, 5) is 0. The van der Waals surface area contributed by atoms with E-state index in [1.807, 2.05) is 13.0 Å². The van der Waals surface area contributed by atoms with Crippen LogP contribution in [-0.2, 0) is 10.8 Å². The molecule has 0 aliphatic carbocycles. The second-order valence-corrected chi connectivity index (χ2v) is 3.63. The Morgan fingerprint density at radius 2 is 2.40 bits per heavy atom. The van der Waals surface area contributed by atoms with E-state index < -0.39 is 10.8 Å². The number of nitrogens with one attached hydrogen (secondary N) is 1. The first-order valence-corrected chi connectivity index (χ1v) is 4.72. The van der Waals surface area contributed by atoms with Crippen molar-refractivity contribution in [1.82, 2.24) is 5.32 Å². The fraction of sp³-hybridized carbons (Fsp3) is 0.833. The lowest BCUT2D eigenvalue weighted by atomic mass is 10.6. The Kier molecular flexibility index (Phi) is 6.45. The molecule has 0 fully saturated rings. The minimum atomic E-state index is -0.702. The van der Waals surface area contributed by atoms with E-state index in [1.165, 1.54) is 0 Å². The fourth-order valence-corrected chi connectivity index (χ4v) is 1.14. The van der Waals surface area contributed by atoms with Gasteiger partial charge < -0.3 is 5.32 Å². The predicted octanol–water partition coefficient (Wildman–Crippen LogP) is -0.132. The summed E-state index contributed by atoms with van der Waals surface area (Å²) in [6, 6.07) is 1.95. The van der Waals surface area contributed by atoms with Crippen LogP contribution in [0.5, 0.6) is 0 Å². The second-order valence-electron chi connectivity index (χ2n) is 1.77. The quantitative estimate of drug-likeness (QED) is 0.450. The number of nitrogens with zero attached hydrogens (tertiary/aromatic N) is 1. The van der Waals surface area contributed by atoms with Crippen molar-refractivity contribution in [2.75, 3.05) is 24.6 Å². The van der Waals surface area contributed by atoms with Crippen LogP contribution in [0.25, 0.3) is 0 Å². The standard InChI is InChI=1S/C6H12N2OS/c1-2-10(9)6-5-8-4-3-7/h8H,2,4-6H2,1H3. The second kappa shape index (κ2) is 6.72. The summed E-state index contributed by atoms with van der Waals surface area (Å²) < 4.78 is 10.8. The van der Waals surface area contributed by atoms with Crippen LogP contribution in [0.1, 0.15) is 6.92 Å². The average Bonchev–Trinajstić information content (AvgIpc) is 1.98. The Bertz CT molecular complexity index is 141. The molecule has 0 saturated carbocycles. The van der Waals surface area contributed by atoms with E-state index >= 15 is 0 Å². The molecule has 0 aliphatic rings. The third kappa shape index (κ3) is 5.73. The number of rotatable bonds is 5. The van der Waals surface area contributed by atoms with Crippen LogP contribution in [0.4, 0.5) is 0 Å². The summed E-state index contributed by atoms with van der Waals surface area (Å²) in [5, 5.41) is 10.9. The zero-order chi connectivity index (χ0) is 7.82. The molecule has 58 valence electrons. The molecule has 0 aromatic rings. The van der Waals surface area contributed by atoms with Crippen LogP contribution < -0.4 is 5.32 Å². The predicted molar refractivity (Wildman–Crippen MR) is 42.0 cm³/mol. The highest BCUT2D eigenvalue weighted by atomic mass is 32.2.